The van der Waals surface area contributed by atoms with Gasteiger partial charge in [-0.05, 0) is 43.8 Å². The van der Waals surface area contributed by atoms with Gasteiger partial charge in [-0.1, -0.05) is 0 Å². The number of benzene rings is 1. The number of likely N-dealkylation sites (N-methyl/N-ethyl adjacent to an activating group) is 1. The maximum Gasteiger partial charge on any atom is 0.270 e. The normalized spacial score (nSPS) is 14.7. The molecule has 1 aromatic heterocycles. The Morgan fingerprint density at radius 3 is 2.61 bits per heavy atom. The van der Waals surface area contributed by atoms with Crippen molar-refractivity contribution in [2.24, 2.45) is 0 Å². The fraction of sp³-hybridized carbons (Fsp3) is 0.450. The van der Waals surface area contributed by atoms with Gasteiger partial charge < -0.3 is 25.2 Å². The number of hydrogen-bond donors (Lipinski definition) is 2. The molecule has 2 heterocycles. The summed E-state index contributed by atoms with van der Waals surface area (Å²) in [5, 5.41) is 5.99. The van der Waals surface area contributed by atoms with Crippen molar-refractivity contribution in [3.63, 3.8) is 0 Å². The Labute approximate surface area is 165 Å². The summed E-state index contributed by atoms with van der Waals surface area (Å²) in [5.74, 6) is 0.184. The first-order chi connectivity index (χ1) is 13.7. The number of rotatable bonds is 8. The molecule has 8 heteroatoms. The lowest BCUT2D eigenvalue weighted by atomic mass is 10.2. The Balaban J connectivity index is 1.57. The molecular formula is C20H28N6O2. The second-order valence-electron chi connectivity index (χ2n) is 6.83. The lowest BCUT2D eigenvalue weighted by Crippen LogP contribution is -2.44. The molecule has 150 valence electrons. The third kappa shape index (κ3) is 5.64. The zero-order valence-corrected chi connectivity index (χ0v) is 16.5. The van der Waals surface area contributed by atoms with Gasteiger partial charge in [0.25, 0.3) is 5.91 Å². The number of anilines is 3. The number of carbonyl (C=O) groups excluding carboxylic acids is 1. The SMILES string of the molecule is COCCCNC(=O)c1ccnc(Nc2ccc(N3CCN(C)CC3)cc2)n1. The van der Waals surface area contributed by atoms with Gasteiger partial charge in [-0.25, -0.2) is 9.97 Å². The van der Waals surface area contributed by atoms with E-state index in [9.17, 15) is 4.79 Å². The summed E-state index contributed by atoms with van der Waals surface area (Å²) in [6.07, 6.45) is 2.34. The lowest BCUT2D eigenvalue weighted by molar-refractivity contribution is 0.0943. The van der Waals surface area contributed by atoms with Crippen LogP contribution in [0.5, 0.6) is 0 Å². The zero-order valence-electron chi connectivity index (χ0n) is 16.5. The second kappa shape index (κ2) is 10.0. The highest BCUT2D eigenvalue weighted by Gasteiger charge is 2.14. The molecule has 0 bridgehead atoms. The first-order valence-corrected chi connectivity index (χ1v) is 9.56. The van der Waals surface area contributed by atoms with Crippen LogP contribution in [0.2, 0.25) is 0 Å². The van der Waals surface area contributed by atoms with Crippen molar-refractivity contribution in [1.82, 2.24) is 20.2 Å². The van der Waals surface area contributed by atoms with Gasteiger partial charge in [0.15, 0.2) is 0 Å². The summed E-state index contributed by atoms with van der Waals surface area (Å²) >= 11 is 0. The average Bonchev–Trinajstić information content (AvgIpc) is 2.72. The molecule has 2 N–H and O–H groups in total. The van der Waals surface area contributed by atoms with Crippen LogP contribution in [0.1, 0.15) is 16.9 Å². The standard InChI is InChI=1S/C20H28N6O2/c1-25-11-13-26(14-12-25)17-6-4-16(5-7-17)23-20-22-10-8-18(24-20)19(27)21-9-3-15-28-2/h4-8,10H,3,9,11-15H2,1-2H3,(H,21,27)(H,22,23,24). The predicted octanol–water partition coefficient (Wildman–Crippen LogP) is 1.74. The molecule has 1 aliphatic rings. The minimum atomic E-state index is -0.216. The van der Waals surface area contributed by atoms with Crippen molar-refractivity contribution >= 4 is 23.2 Å². The summed E-state index contributed by atoms with van der Waals surface area (Å²) < 4.78 is 4.97. The third-order valence-corrected chi connectivity index (χ3v) is 4.69. The van der Waals surface area contributed by atoms with Crippen LogP contribution in [0, 0.1) is 0 Å². The molecule has 3 rings (SSSR count). The van der Waals surface area contributed by atoms with Crippen LogP contribution in [-0.2, 0) is 4.74 Å². The largest absolute Gasteiger partial charge is 0.385 e. The highest BCUT2D eigenvalue weighted by Crippen LogP contribution is 2.20. The number of methoxy groups -OCH3 is 1. The Hall–Kier alpha value is -2.71. The van der Waals surface area contributed by atoms with E-state index < -0.39 is 0 Å². The van der Waals surface area contributed by atoms with Crippen LogP contribution in [-0.4, -0.2) is 74.3 Å². The van der Waals surface area contributed by atoms with E-state index in [2.05, 4.69) is 49.6 Å². The van der Waals surface area contributed by atoms with Crippen molar-refractivity contribution in [2.45, 2.75) is 6.42 Å². The number of nitrogens with one attached hydrogen (secondary N) is 2. The second-order valence-corrected chi connectivity index (χ2v) is 6.83. The molecule has 8 nitrogen and oxygen atoms in total. The molecule has 1 saturated heterocycles. The highest BCUT2D eigenvalue weighted by molar-refractivity contribution is 5.92. The van der Waals surface area contributed by atoms with E-state index in [0.29, 0.717) is 24.8 Å². The van der Waals surface area contributed by atoms with E-state index in [-0.39, 0.29) is 5.91 Å². The number of amides is 1. The predicted molar refractivity (Wildman–Crippen MR) is 110 cm³/mol. The molecule has 0 aliphatic carbocycles. The Kier molecular flexibility index (Phi) is 7.16. The minimum absolute atomic E-state index is 0.216. The van der Waals surface area contributed by atoms with Crippen LogP contribution in [0.3, 0.4) is 0 Å². The van der Waals surface area contributed by atoms with E-state index >= 15 is 0 Å². The van der Waals surface area contributed by atoms with Gasteiger partial charge in [0, 0.05) is 64.0 Å². The van der Waals surface area contributed by atoms with E-state index in [0.717, 1.165) is 38.3 Å². The molecule has 0 saturated carbocycles. The van der Waals surface area contributed by atoms with Crippen LogP contribution in [0.4, 0.5) is 17.3 Å². The monoisotopic (exact) mass is 384 g/mol. The molecular weight excluding hydrogens is 356 g/mol. The molecule has 2 aromatic rings. The van der Waals surface area contributed by atoms with E-state index in [1.54, 1.807) is 19.4 Å². The Morgan fingerprint density at radius 2 is 1.89 bits per heavy atom. The van der Waals surface area contributed by atoms with Crippen LogP contribution in [0.25, 0.3) is 0 Å². The minimum Gasteiger partial charge on any atom is -0.385 e. The van der Waals surface area contributed by atoms with E-state index in [1.165, 1.54) is 5.69 Å². The van der Waals surface area contributed by atoms with E-state index in [1.807, 2.05) is 12.1 Å². The molecule has 0 atom stereocenters. The summed E-state index contributed by atoms with van der Waals surface area (Å²) in [6.45, 7) is 5.39. The van der Waals surface area contributed by atoms with Gasteiger partial charge in [0.05, 0.1) is 0 Å². The number of hydrogen-bond acceptors (Lipinski definition) is 7. The van der Waals surface area contributed by atoms with Crippen molar-refractivity contribution in [1.29, 1.82) is 0 Å². The van der Waals surface area contributed by atoms with Crippen LogP contribution >= 0.6 is 0 Å². The number of carbonyl (C=O) groups is 1. The van der Waals surface area contributed by atoms with E-state index in [4.69, 9.17) is 4.74 Å². The number of piperazine rings is 1. The fourth-order valence-corrected chi connectivity index (χ4v) is 3.00. The first kappa shape index (κ1) is 20.0. The molecule has 0 radical (unpaired) electrons. The topological polar surface area (TPSA) is 82.6 Å². The maximum atomic E-state index is 12.2. The molecule has 1 amide bonds. The molecule has 0 unspecified atom stereocenters. The Morgan fingerprint density at radius 1 is 1.14 bits per heavy atom. The smallest absolute Gasteiger partial charge is 0.270 e. The van der Waals surface area contributed by atoms with Gasteiger partial charge in [0.2, 0.25) is 5.95 Å². The van der Waals surface area contributed by atoms with Crippen LogP contribution in [0.15, 0.2) is 36.5 Å². The Bertz CT molecular complexity index is 760. The van der Waals surface area contributed by atoms with Crippen LogP contribution < -0.4 is 15.5 Å². The molecule has 28 heavy (non-hydrogen) atoms. The lowest BCUT2D eigenvalue weighted by Gasteiger charge is -2.34. The first-order valence-electron chi connectivity index (χ1n) is 9.56. The van der Waals surface area contributed by atoms with Gasteiger partial charge in [-0.2, -0.15) is 0 Å². The maximum absolute atomic E-state index is 12.2. The van der Waals surface area contributed by atoms with Gasteiger partial charge in [0.1, 0.15) is 5.69 Å². The summed E-state index contributed by atoms with van der Waals surface area (Å²) in [4.78, 5) is 25.4. The quantitative estimate of drug-likeness (QED) is 0.671. The average molecular weight is 384 g/mol. The summed E-state index contributed by atoms with van der Waals surface area (Å²) in [6, 6.07) is 9.82. The van der Waals surface area contributed by atoms with Crippen molar-refractivity contribution in [3.8, 4) is 0 Å². The third-order valence-electron chi connectivity index (χ3n) is 4.69. The fourth-order valence-electron chi connectivity index (χ4n) is 3.00. The van der Waals surface area contributed by atoms with Gasteiger partial charge in [-0.15, -0.1) is 0 Å². The van der Waals surface area contributed by atoms with Crippen molar-refractivity contribution < 1.29 is 9.53 Å². The summed E-state index contributed by atoms with van der Waals surface area (Å²) in [5.41, 5.74) is 2.43. The summed E-state index contributed by atoms with van der Waals surface area (Å²) in [7, 11) is 3.79. The molecule has 1 fully saturated rings. The van der Waals surface area contributed by atoms with Gasteiger partial charge >= 0.3 is 0 Å². The van der Waals surface area contributed by atoms with Gasteiger partial charge in [-0.3, -0.25) is 4.79 Å². The molecule has 1 aliphatic heterocycles. The number of ether oxygens (including phenoxy) is 1. The number of aromatic nitrogens is 2. The van der Waals surface area contributed by atoms with Crippen molar-refractivity contribution in [2.75, 3.05) is 63.7 Å². The van der Waals surface area contributed by atoms with Crippen molar-refractivity contribution in [3.05, 3.63) is 42.2 Å². The molecule has 1 aromatic carbocycles. The zero-order chi connectivity index (χ0) is 19.8. The highest BCUT2D eigenvalue weighted by atomic mass is 16.5. The number of nitrogens with zero attached hydrogens (tertiary/aromatic N) is 4. The molecule has 0 spiro atoms.